The van der Waals surface area contributed by atoms with Gasteiger partial charge in [-0.15, -0.1) is 6.58 Å². The maximum absolute atomic E-state index is 13.3. The van der Waals surface area contributed by atoms with Crippen LogP contribution in [0.15, 0.2) is 67.8 Å². The van der Waals surface area contributed by atoms with Crippen LogP contribution in [0.5, 0.6) is 46.0 Å². The normalized spacial score (nSPS) is 21.6. The van der Waals surface area contributed by atoms with E-state index < -0.39 is 51.7 Å². The van der Waals surface area contributed by atoms with E-state index >= 15 is 0 Å². The Labute approximate surface area is 382 Å². The van der Waals surface area contributed by atoms with Crippen molar-refractivity contribution >= 4 is 27.6 Å². The van der Waals surface area contributed by atoms with E-state index in [9.17, 15) is 41.4 Å². The highest BCUT2D eigenvalue weighted by molar-refractivity contribution is 7.88. The first-order chi connectivity index (χ1) is 32.0. The minimum atomic E-state index is -6.12. The Kier molecular flexibility index (Phi) is 12.7. The molecular formula is C47H45F3O16S. The fraction of sp³-hybridized carbons (Fsp3) is 0.362. The summed E-state index contributed by atoms with van der Waals surface area (Å²) in [6, 6.07) is 13.0. The molecule has 0 saturated carbocycles. The first-order valence-corrected chi connectivity index (χ1v) is 22.1. The molecule has 2 fully saturated rings. The molecule has 2 saturated heterocycles. The van der Waals surface area contributed by atoms with Gasteiger partial charge in [0.1, 0.15) is 5.75 Å². The molecule has 0 amide bonds. The number of alkyl halides is 3. The highest BCUT2D eigenvalue weighted by Gasteiger charge is 2.52. The monoisotopic (exact) mass is 954 g/mol. The Morgan fingerprint density at radius 3 is 2.00 bits per heavy atom. The molecule has 9 rings (SSSR count). The van der Waals surface area contributed by atoms with Crippen molar-refractivity contribution in [3.05, 3.63) is 112 Å². The van der Waals surface area contributed by atoms with Crippen molar-refractivity contribution in [2.24, 2.45) is 23.7 Å². The van der Waals surface area contributed by atoms with Gasteiger partial charge in [-0.2, -0.15) is 21.6 Å². The highest BCUT2D eigenvalue weighted by Crippen LogP contribution is 2.55. The molecule has 4 aromatic carbocycles. The number of halogens is 3. The number of ether oxygens (including phenoxy) is 9. The molecule has 3 unspecified atom stereocenters. The van der Waals surface area contributed by atoms with Crippen LogP contribution in [-0.4, -0.2) is 84.2 Å². The van der Waals surface area contributed by atoms with E-state index in [0.717, 1.165) is 33.9 Å². The number of cyclic esters (lactones) is 2. The highest BCUT2D eigenvalue weighted by atomic mass is 32.2. The molecule has 2 N–H and O–H groups in total. The van der Waals surface area contributed by atoms with Crippen LogP contribution < -0.4 is 37.3 Å². The zero-order valence-electron chi connectivity index (χ0n) is 36.5. The number of hydrogen-bond donors (Lipinski definition) is 2. The predicted molar refractivity (Wildman–Crippen MR) is 229 cm³/mol. The van der Waals surface area contributed by atoms with E-state index in [2.05, 4.69) is 17.3 Å². The molecule has 1 aliphatic carbocycles. The molecule has 0 spiro atoms. The predicted octanol–water partition coefficient (Wildman–Crippen LogP) is 6.43. The number of fused-ring (bicyclic) bond motifs is 4. The van der Waals surface area contributed by atoms with Crippen LogP contribution in [0, 0.1) is 30.6 Å². The molecule has 5 aliphatic rings. The second-order valence-electron chi connectivity index (χ2n) is 16.1. The van der Waals surface area contributed by atoms with Crippen molar-refractivity contribution in [2.75, 3.05) is 48.1 Å². The third kappa shape index (κ3) is 8.30. The van der Waals surface area contributed by atoms with Crippen molar-refractivity contribution < 1.29 is 88.2 Å². The zero-order valence-corrected chi connectivity index (χ0v) is 37.3. The second-order valence-corrected chi connectivity index (χ2v) is 17.6. The first-order valence-electron chi connectivity index (χ1n) is 20.7. The summed E-state index contributed by atoms with van der Waals surface area (Å²) < 4.78 is 117. The molecule has 4 heterocycles. The van der Waals surface area contributed by atoms with Crippen molar-refractivity contribution in [2.45, 2.75) is 37.5 Å². The lowest BCUT2D eigenvalue weighted by Crippen LogP contribution is -2.30. The van der Waals surface area contributed by atoms with E-state index in [1.807, 2.05) is 31.2 Å². The lowest BCUT2D eigenvalue weighted by atomic mass is 9.65. The number of carbonyl (C=O) groups excluding carboxylic acids is 2. The molecule has 0 aromatic heterocycles. The maximum Gasteiger partial charge on any atom is 0.534 e. The fourth-order valence-corrected chi connectivity index (χ4v) is 9.95. The minimum Gasteiger partial charge on any atom is -0.496 e. The summed E-state index contributed by atoms with van der Waals surface area (Å²) in [4.78, 5) is 25.7. The van der Waals surface area contributed by atoms with Crippen molar-refractivity contribution in [3.63, 3.8) is 0 Å². The van der Waals surface area contributed by atoms with Crippen molar-refractivity contribution in [3.8, 4) is 46.0 Å². The Morgan fingerprint density at radius 1 is 0.776 bits per heavy atom. The third-order valence-corrected chi connectivity index (χ3v) is 13.5. The van der Waals surface area contributed by atoms with Crippen LogP contribution in [0.1, 0.15) is 56.3 Å². The SMILES string of the molecule is C=C1c2cc3c(cc2C(c2cc(C)c(OC)c(CO)c2)[C@@H]2C(=O)OC[C@H]12)OCO3.C=C[C@H]1COC(=O)C1C(c1cc(CO)c(OC)c(OC)c1)c1cc2c(cc1OS(=O)(=O)C(F)(F)F)OCO2. The van der Waals surface area contributed by atoms with E-state index in [-0.39, 0.29) is 90.2 Å². The molecular weight excluding hydrogens is 910 g/mol. The summed E-state index contributed by atoms with van der Waals surface area (Å²) in [5.74, 6) is -2.85. The molecule has 6 atom stereocenters. The van der Waals surface area contributed by atoms with E-state index in [1.54, 1.807) is 7.11 Å². The average Bonchev–Trinajstić information content (AvgIpc) is 4.13. The van der Waals surface area contributed by atoms with Crippen LogP contribution in [0.4, 0.5) is 13.2 Å². The largest absolute Gasteiger partial charge is 0.534 e. The standard InChI is InChI=1S/C24H23F3O10S.C23H22O6/c1-4-12-10-34-23(29)21(12)20(13-5-14(9-28)22(33-3)19(6-13)32-2)15-7-17-18(36-11-35-17)8-16(15)37-38(30,31)24(25,26)27;1-11-4-13(5-14(8-24)22(11)26-3)20-16-7-19-18(28-10-29-19)6-15(16)12(2)17-9-27-23(25)21(17)20/h4-8,12,20-21,28H,1,9-11H2,2-3H3;4-7,17,20-21,24H,2,8-10H2,1,3H3/t12-,20?,21?;17-,20?,21-/m01/s1. The molecule has 0 radical (unpaired) electrons. The van der Waals surface area contributed by atoms with Gasteiger partial charge in [0.05, 0.1) is 59.6 Å². The minimum absolute atomic E-state index is 0.0579. The third-order valence-electron chi connectivity index (χ3n) is 12.5. The number of carbonyl (C=O) groups is 2. The summed E-state index contributed by atoms with van der Waals surface area (Å²) in [7, 11) is -1.85. The molecule has 16 nitrogen and oxygen atoms in total. The number of aliphatic hydroxyl groups excluding tert-OH is 2. The molecule has 0 bridgehead atoms. The quantitative estimate of drug-likeness (QED) is 0.0680. The van der Waals surface area contributed by atoms with E-state index in [4.69, 9.17) is 42.6 Å². The Hall–Kier alpha value is -6.64. The van der Waals surface area contributed by atoms with Crippen LogP contribution in [0.3, 0.4) is 0 Å². The van der Waals surface area contributed by atoms with Crippen LogP contribution in [0.2, 0.25) is 0 Å². The van der Waals surface area contributed by atoms with Crippen molar-refractivity contribution in [1.29, 1.82) is 0 Å². The average molecular weight is 955 g/mol. The summed E-state index contributed by atoms with van der Waals surface area (Å²) in [5.41, 5.74) is -0.0263. The number of hydrogen-bond acceptors (Lipinski definition) is 16. The summed E-state index contributed by atoms with van der Waals surface area (Å²) >= 11 is 0. The lowest BCUT2D eigenvalue weighted by Gasteiger charge is -2.35. The van der Waals surface area contributed by atoms with Gasteiger partial charge in [0.15, 0.2) is 40.2 Å². The number of methoxy groups -OCH3 is 3. The van der Waals surface area contributed by atoms with Crippen molar-refractivity contribution in [1.82, 2.24) is 0 Å². The number of esters is 2. The van der Waals surface area contributed by atoms with Gasteiger partial charge < -0.3 is 57.0 Å². The number of benzene rings is 4. The molecule has 4 aliphatic heterocycles. The molecule has 4 aromatic rings. The lowest BCUT2D eigenvalue weighted by molar-refractivity contribution is -0.142. The van der Waals surface area contributed by atoms with E-state index in [0.29, 0.717) is 29.4 Å². The van der Waals surface area contributed by atoms with Crippen LogP contribution in [0.25, 0.3) is 5.57 Å². The van der Waals surface area contributed by atoms with Crippen LogP contribution in [-0.2, 0) is 42.4 Å². The summed E-state index contributed by atoms with van der Waals surface area (Å²) in [6.45, 7) is 9.44. The van der Waals surface area contributed by atoms with Gasteiger partial charge in [-0.1, -0.05) is 18.7 Å². The second kappa shape index (κ2) is 18.2. The van der Waals surface area contributed by atoms with Gasteiger partial charge in [0.25, 0.3) is 0 Å². The number of aliphatic hydroxyl groups is 2. The summed E-state index contributed by atoms with van der Waals surface area (Å²) in [5, 5.41) is 19.9. The fourth-order valence-electron chi connectivity index (χ4n) is 9.48. The molecule has 356 valence electrons. The number of aryl methyl sites for hydroxylation is 1. The van der Waals surface area contributed by atoms with Gasteiger partial charge in [0, 0.05) is 46.4 Å². The first kappa shape index (κ1) is 46.9. The smallest absolute Gasteiger partial charge is 0.496 e. The van der Waals surface area contributed by atoms with Gasteiger partial charge in [-0.05, 0) is 76.7 Å². The van der Waals surface area contributed by atoms with Crippen LogP contribution >= 0.6 is 0 Å². The zero-order chi connectivity index (χ0) is 48.1. The Bertz CT molecular complexity index is 2750. The van der Waals surface area contributed by atoms with Gasteiger partial charge in [-0.25, -0.2) is 0 Å². The van der Waals surface area contributed by atoms with Gasteiger partial charge in [0.2, 0.25) is 13.6 Å². The Morgan fingerprint density at radius 2 is 1.39 bits per heavy atom. The maximum atomic E-state index is 13.3. The Balaban J connectivity index is 0.000000188. The number of rotatable bonds is 12. The molecule has 67 heavy (non-hydrogen) atoms. The van der Waals surface area contributed by atoms with Gasteiger partial charge >= 0.3 is 27.6 Å². The summed E-state index contributed by atoms with van der Waals surface area (Å²) in [6.07, 6.45) is 1.45. The molecule has 20 heteroatoms. The topological polar surface area (TPSA) is 201 Å². The van der Waals surface area contributed by atoms with E-state index in [1.165, 1.54) is 38.5 Å². The van der Waals surface area contributed by atoms with Gasteiger partial charge in [-0.3, -0.25) is 9.59 Å².